The van der Waals surface area contributed by atoms with Gasteiger partial charge in [-0.25, -0.2) is 9.97 Å². The molecule has 0 bridgehead atoms. The lowest BCUT2D eigenvalue weighted by molar-refractivity contribution is 0.120. The Hall–Kier alpha value is -1.84. The first-order chi connectivity index (χ1) is 10.4. The molecule has 3 rings (SSSR count). The van der Waals surface area contributed by atoms with E-state index >= 15 is 0 Å². The average Bonchev–Trinajstić information content (AvgIpc) is 3.04. The first-order valence-electron chi connectivity index (χ1n) is 6.99. The van der Waals surface area contributed by atoms with Crippen LogP contribution in [0.4, 0.5) is 5.82 Å². The zero-order chi connectivity index (χ0) is 14.5. The molecule has 0 radical (unpaired) electrons. The Kier molecular flexibility index (Phi) is 4.53. The largest absolute Gasteiger partial charge is 0.376 e. The van der Waals surface area contributed by atoms with Gasteiger partial charge >= 0.3 is 0 Å². The van der Waals surface area contributed by atoms with Crippen molar-refractivity contribution in [1.29, 1.82) is 5.26 Å². The topological polar surface area (TPSA) is 70.8 Å². The van der Waals surface area contributed by atoms with Gasteiger partial charge in [0.15, 0.2) is 5.16 Å². The maximum Gasteiger partial charge on any atom is 0.191 e. The van der Waals surface area contributed by atoms with Crippen molar-refractivity contribution >= 4 is 28.5 Å². The van der Waals surface area contributed by atoms with Gasteiger partial charge in [-0.2, -0.15) is 5.26 Å². The maximum absolute atomic E-state index is 8.70. The van der Waals surface area contributed by atoms with E-state index in [0.717, 1.165) is 42.7 Å². The molecule has 2 aromatic rings. The highest BCUT2D eigenvalue weighted by atomic mass is 32.2. The lowest BCUT2D eigenvalue weighted by atomic mass is 10.2. The molecule has 21 heavy (non-hydrogen) atoms. The minimum atomic E-state index is 0.258. The number of fused-ring (bicyclic) bond motifs is 1. The van der Waals surface area contributed by atoms with Crippen molar-refractivity contribution in [2.75, 3.05) is 24.2 Å². The maximum atomic E-state index is 8.70. The standard InChI is InChI=1S/C15H16N4OS/c16-7-9-21-15-18-13-6-2-1-5-12(13)14(19-15)17-10-11-4-3-8-20-11/h1-2,5-6,11H,3-4,8-10H2,(H,17,18,19). The fourth-order valence-electron chi connectivity index (χ4n) is 2.37. The lowest BCUT2D eigenvalue weighted by Crippen LogP contribution is -2.19. The van der Waals surface area contributed by atoms with Gasteiger partial charge in [0.2, 0.25) is 0 Å². The molecular weight excluding hydrogens is 284 g/mol. The van der Waals surface area contributed by atoms with Crippen LogP contribution in [0.25, 0.3) is 10.9 Å². The number of nitrogens with one attached hydrogen (secondary N) is 1. The highest BCUT2D eigenvalue weighted by molar-refractivity contribution is 7.99. The third kappa shape index (κ3) is 3.43. The minimum Gasteiger partial charge on any atom is -0.376 e. The van der Waals surface area contributed by atoms with E-state index in [2.05, 4.69) is 21.4 Å². The third-order valence-corrected chi connectivity index (χ3v) is 4.08. The number of hydrogen-bond donors (Lipinski definition) is 1. The van der Waals surface area contributed by atoms with Crippen LogP contribution in [-0.2, 0) is 4.74 Å². The number of para-hydroxylation sites is 1. The molecule has 0 aliphatic carbocycles. The van der Waals surface area contributed by atoms with E-state index in [1.165, 1.54) is 11.8 Å². The zero-order valence-corrected chi connectivity index (χ0v) is 12.4. The summed E-state index contributed by atoms with van der Waals surface area (Å²) >= 11 is 1.35. The normalized spacial score (nSPS) is 17.8. The number of aromatic nitrogens is 2. The molecule has 0 amide bonds. The first-order valence-corrected chi connectivity index (χ1v) is 7.97. The molecule has 6 heteroatoms. The second-order valence-corrected chi connectivity index (χ2v) is 5.78. The van der Waals surface area contributed by atoms with Crippen LogP contribution in [0, 0.1) is 11.3 Å². The second-order valence-electron chi connectivity index (χ2n) is 4.83. The van der Waals surface area contributed by atoms with Crippen molar-refractivity contribution in [3.05, 3.63) is 24.3 Å². The summed E-state index contributed by atoms with van der Waals surface area (Å²) in [6.45, 7) is 1.60. The van der Waals surface area contributed by atoms with Gasteiger partial charge in [-0.3, -0.25) is 0 Å². The fraction of sp³-hybridized carbons (Fsp3) is 0.400. The highest BCUT2D eigenvalue weighted by Crippen LogP contribution is 2.24. The van der Waals surface area contributed by atoms with Crippen LogP contribution < -0.4 is 5.32 Å². The van der Waals surface area contributed by atoms with Crippen LogP contribution in [0.15, 0.2) is 29.4 Å². The molecule has 1 unspecified atom stereocenters. The number of benzene rings is 1. The van der Waals surface area contributed by atoms with Gasteiger partial charge in [-0.05, 0) is 25.0 Å². The quantitative estimate of drug-likeness (QED) is 0.676. The molecular formula is C15H16N4OS. The molecule has 0 saturated carbocycles. The van der Waals surface area contributed by atoms with Gasteiger partial charge in [-0.1, -0.05) is 23.9 Å². The van der Waals surface area contributed by atoms with Gasteiger partial charge < -0.3 is 10.1 Å². The lowest BCUT2D eigenvalue weighted by Gasteiger charge is -2.13. The van der Waals surface area contributed by atoms with Crippen LogP contribution in [0.5, 0.6) is 0 Å². The predicted octanol–water partition coefficient (Wildman–Crippen LogP) is 2.84. The van der Waals surface area contributed by atoms with E-state index in [9.17, 15) is 0 Å². The van der Waals surface area contributed by atoms with Crippen LogP contribution in [0.2, 0.25) is 0 Å². The second kappa shape index (κ2) is 6.74. The molecule has 5 nitrogen and oxygen atoms in total. The summed E-state index contributed by atoms with van der Waals surface area (Å²) in [6.07, 6.45) is 2.47. The van der Waals surface area contributed by atoms with Crippen molar-refractivity contribution in [3.63, 3.8) is 0 Å². The molecule has 1 N–H and O–H groups in total. The SMILES string of the molecule is N#CCSc1nc(NCC2CCCO2)c2ccccc2n1. The number of ether oxygens (including phenoxy) is 1. The van der Waals surface area contributed by atoms with Crippen LogP contribution >= 0.6 is 11.8 Å². The Balaban J connectivity index is 1.84. The summed E-state index contributed by atoms with van der Waals surface area (Å²) in [4.78, 5) is 9.02. The monoisotopic (exact) mass is 300 g/mol. The minimum absolute atomic E-state index is 0.258. The van der Waals surface area contributed by atoms with E-state index in [4.69, 9.17) is 10.00 Å². The van der Waals surface area contributed by atoms with Gasteiger partial charge in [0.1, 0.15) is 5.82 Å². The molecule has 1 aliphatic rings. The number of nitrogens with zero attached hydrogens (tertiary/aromatic N) is 3. The predicted molar refractivity (Wildman–Crippen MR) is 83.3 cm³/mol. The molecule has 0 spiro atoms. The molecule has 1 aliphatic heterocycles. The number of thioether (sulfide) groups is 1. The Bertz CT molecular complexity index is 664. The summed E-state index contributed by atoms with van der Waals surface area (Å²) in [7, 11) is 0. The Labute approximate surface area is 127 Å². The molecule has 108 valence electrons. The number of anilines is 1. The number of hydrogen-bond acceptors (Lipinski definition) is 6. The molecule has 1 fully saturated rings. The van der Waals surface area contributed by atoms with E-state index in [1.54, 1.807) is 0 Å². The first kappa shape index (κ1) is 14.1. The van der Waals surface area contributed by atoms with E-state index < -0.39 is 0 Å². The van der Waals surface area contributed by atoms with Crippen molar-refractivity contribution < 1.29 is 4.74 Å². The fourth-order valence-corrected chi connectivity index (χ4v) is 2.88. The summed E-state index contributed by atoms with van der Waals surface area (Å²) in [5, 5.41) is 13.7. The average molecular weight is 300 g/mol. The summed E-state index contributed by atoms with van der Waals surface area (Å²) in [5.41, 5.74) is 0.891. The molecule has 2 heterocycles. The zero-order valence-electron chi connectivity index (χ0n) is 11.6. The van der Waals surface area contributed by atoms with Crippen LogP contribution in [0.3, 0.4) is 0 Å². The van der Waals surface area contributed by atoms with E-state index in [1.807, 2.05) is 24.3 Å². The Morgan fingerprint density at radius 2 is 2.29 bits per heavy atom. The van der Waals surface area contributed by atoms with Crippen molar-refractivity contribution in [3.8, 4) is 6.07 Å². The summed E-state index contributed by atoms with van der Waals surface area (Å²) in [6, 6.07) is 10.0. The summed E-state index contributed by atoms with van der Waals surface area (Å²) < 4.78 is 5.63. The van der Waals surface area contributed by atoms with Crippen molar-refractivity contribution in [2.24, 2.45) is 0 Å². The molecule has 1 atom stereocenters. The molecule has 1 saturated heterocycles. The van der Waals surface area contributed by atoms with Gasteiger partial charge in [0.05, 0.1) is 23.4 Å². The van der Waals surface area contributed by atoms with E-state index in [-0.39, 0.29) is 6.10 Å². The van der Waals surface area contributed by atoms with Crippen LogP contribution in [0.1, 0.15) is 12.8 Å². The van der Waals surface area contributed by atoms with Gasteiger partial charge in [0.25, 0.3) is 0 Å². The molecule has 1 aromatic carbocycles. The Morgan fingerprint density at radius 3 is 3.10 bits per heavy atom. The van der Waals surface area contributed by atoms with Gasteiger partial charge in [0, 0.05) is 18.5 Å². The van der Waals surface area contributed by atoms with Gasteiger partial charge in [-0.15, -0.1) is 0 Å². The third-order valence-electron chi connectivity index (χ3n) is 3.37. The smallest absolute Gasteiger partial charge is 0.191 e. The van der Waals surface area contributed by atoms with Crippen LogP contribution in [-0.4, -0.2) is 35.0 Å². The highest BCUT2D eigenvalue weighted by Gasteiger charge is 2.16. The summed E-state index contributed by atoms with van der Waals surface area (Å²) in [5.74, 6) is 1.17. The Morgan fingerprint density at radius 1 is 1.38 bits per heavy atom. The van der Waals surface area contributed by atoms with Crippen molar-refractivity contribution in [1.82, 2.24) is 9.97 Å². The molecule has 1 aromatic heterocycles. The number of rotatable bonds is 5. The van der Waals surface area contributed by atoms with Crippen molar-refractivity contribution in [2.45, 2.75) is 24.1 Å². The number of nitriles is 1. The van der Waals surface area contributed by atoms with E-state index in [0.29, 0.717) is 10.9 Å².